The molecule has 196 valence electrons. The maximum Gasteiger partial charge on any atom is 0.411 e. The predicted octanol–water partition coefficient (Wildman–Crippen LogP) is 5.90. The minimum Gasteiger partial charge on any atom is -0.445 e. The Morgan fingerprint density at radius 2 is 1.53 bits per heavy atom. The van der Waals surface area contributed by atoms with Crippen LogP contribution in [0.15, 0.2) is 91.0 Å². The Bertz CT molecular complexity index is 1280. The second kappa shape index (κ2) is 10.6. The number of hydrogen-bond acceptors (Lipinski definition) is 5. The van der Waals surface area contributed by atoms with Gasteiger partial charge in [0.1, 0.15) is 18.8 Å². The lowest BCUT2D eigenvalue weighted by molar-refractivity contribution is -0.191. The number of alkyl halides is 1. The number of fused-ring (bicyclic) bond motifs is 3. The molecule has 3 aromatic rings. The van der Waals surface area contributed by atoms with Crippen LogP contribution in [0.25, 0.3) is 0 Å². The molecule has 1 aliphatic carbocycles. The average molecular weight is 624 g/mol. The van der Waals surface area contributed by atoms with Crippen LogP contribution in [0.1, 0.15) is 35.3 Å². The van der Waals surface area contributed by atoms with Crippen molar-refractivity contribution in [2.75, 3.05) is 7.05 Å². The van der Waals surface area contributed by atoms with E-state index in [4.69, 9.17) is 14.2 Å². The number of amides is 2. The van der Waals surface area contributed by atoms with Gasteiger partial charge in [-0.15, -0.1) is 0 Å². The Labute approximate surface area is 235 Å². The van der Waals surface area contributed by atoms with Crippen LogP contribution in [0.5, 0.6) is 0 Å². The van der Waals surface area contributed by atoms with E-state index in [1.807, 2.05) is 95.9 Å². The van der Waals surface area contributed by atoms with Crippen LogP contribution in [0.2, 0.25) is 0 Å². The lowest BCUT2D eigenvalue weighted by atomic mass is 9.80. The van der Waals surface area contributed by atoms with E-state index in [0.717, 1.165) is 16.7 Å². The Hall–Kier alpha value is -3.11. The standard InChI is InChI=1S/C30H29IN2O5/c1-32-25-22(31)17-23-27(28(25)38-29(32)34)37-26(21-15-9-4-10-16-21)24(20-13-7-3-8-14-20)33(23)30(35)36-18-19-11-5-2-6-12-19/h2-16,22-28H,17-18H2,1H3/t22-,23+,24+,25+,26+,27+,28+/m1/s1. The van der Waals surface area contributed by atoms with Crippen LogP contribution < -0.4 is 0 Å². The van der Waals surface area contributed by atoms with Gasteiger partial charge in [0.25, 0.3) is 0 Å². The summed E-state index contributed by atoms with van der Waals surface area (Å²) in [5, 5.41) is 0. The number of carbonyl (C=O) groups excluding carboxylic acids is 2. The number of ether oxygens (including phenoxy) is 3. The van der Waals surface area contributed by atoms with Crippen LogP contribution in [0.3, 0.4) is 0 Å². The molecule has 1 saturated carbocycles. The molecule has 38 heavy (non-hydrogen) atoms. The van der Waals surface area contributed by atoms with Crippen molar-refractivity contribution in [1.29, 1.82) is 0 Å². The molecule has 2 saturated heterocycles. The Morgan fingerprint density at radius 3 is 2.18 bits per heavy atom. The van der Waals surface area contributed by atoms with Crippen LogP contribution in [0, 0.1) is 0 Å². The summed E-state index contributed by atoms with van der Waals surface area (Å²) < 4.78 is 18.8. The van der Waals surface area contributed by atoms with Gasteiger partial charge >= 0.3 is 12.2 Å². The monoisotopic (exact) mass is 624 g/mol. The number of likely N-dealkylation sites (N-methyl/N-ethyl adjacent to an activating group) is 1. The molecule has 6 rings (SSSR count). The van der Waals surface area contributed by atoms with E-state index in [9.17, 15) is 9.59 Å². The Kier molecular flexibility index (Phi) is 7.01. The highest BCUT2D eigenvalue weighted by Gasteiger charge is 2.60. The summed E-state index contributed by atoms with van der Waals surface area (Å²) in [6.07, 6.45) is -1.55. The van der Waals surface area contributed by atoms with E-state index in [1.165, 1.54) is 0 Å². The minimum atomic E-state index is -0.491. The molecule has 3 aromatic carbocycles. The number of nitrogens with zero attached hydrogens (tertiary/aromatic N) is 2. The van der Waals surface area contributed by atoms with Crippen LogP contribution in [-0.2, 0) is 20.8 Å². The van der Waals surface area contributed by atoms with E-state index >= 15 is 0 Å². The summed E-state index contributed by atoms with van der Waals surface area (Å²) in [7, 11) is 1.77. The van der Waals surface area contributed by atoms with Gasteiger partial charge < -0.3 is 19.1 Å². The van der Waals surface area contributed by atoms with E-state index in [0.29, 0.717) is 6.42 Å². The summed E-state index contributed by atoms with van der Waals surface area (Å²) in [5.41, 5.74) is 2.83. The second-order valence-electron chi connectivity index (χ2n) is 10.0. The molecule has 2 aliphatic heterocycles. The van der Waals surface area contributed by atoms with Crippen LogP contribution >= 0.6 is 22.6 Å². The zero-order chi connectivity index (χ0) is 26.2. The van der Waals surface area contributed by atoms with Crippen molar-refractivity contribution in [2.45, 2.75) is 53.4 Å². The van der Waals surface area contributed by atoms with Crippen LogP contribution in [0.4, 0.5) is 9.59 Å². The molecule has 7 nitrogen and oxygen atoms in total. The summed E-state index contributed by atoms with van der Waals surface area (Å²) in [4.78, 5) is 30.2. The van der Waals surface area contributed by atoms with Crippen molar-refractivity contribution in [1.82, 2.24) is 9.80 Å². The molecule has 0 unspecified atom stereocenters. The molecule has 0 N–H and O–H groups in total. The van der Waals surface area contributed by atoms with Crippen molar-refractivity contribution in [3.05, 3.63) is 108 Å². The van der Waals surface area contributed by atoms with E-state index in [-0.39, 0.29) is 28.7 Å². The fourth-order valence-corrected chi connectivity index (χ4v) is 7.42. The Balaban J connectivity index is 1.43. The second-order valence-corrected chi connectivity index (χ2v) is 11.6. The lowest BCUT2D eigenvalue weighted by Crippen LogP contribution is -2.66. The number of hydrogen-bond donors (Lipinski definition) is 0. The van der Waals surface area contributed by atoms with Gasteiger partial charge in [-0.2, -0.15) is 0 Å². The quantitative estimate of drug-likeness (QED) is 0.267. The molecule has 0 aromatic heterocycles. The minimum absolute atomic E-state index is 0.0769. The van der Waals surface area contributed by atoms with E-state index in [1.54, 1.807) is 11.9 Å². The van der Waals surface area contributed by atoms with Gasteiger partial charge in [-0.3, -0.25) is 4.90 Å². The third kappa shape index (κ3) is 4.53. The highest BCUT2D eigenvalue weighted by atomic mass is 127. The first kappa shape index (κ1) is 25.2. The molecule has 2 heterocycles. The molecule has 3 fully saturated rings. The van der Waals surface area contributed by atoms with Gasteiger partial charge in [0.05, 0.1) is 18.1 Å². The van der Waals surface area contributed by atoms with Gasteiger partial charge in [0, 0.05) is 11.0 Å². The molecule has 0 bridgehead atoms. The van der Waals surface area contributed by atoms with E-state index < -0.39 is 30.4 Å². The lowest BCUT2D eigenvalue weighted by Gasteiger charge is -2.54. The first-order valence-electron chi connectivity index (χ1n) is 12.8. The first-order chi connectivity index (χ1) is 18.5. The van der Waals surface area contributed by atoms with Gasteiger partial charge in [0.15, 0.2) is 6.10 Å². The molecule has 0 spiro atoms. The van der Waals surface area contributed by atoms with Crippen molar-refractivity contribution in [2.24, 2.45) is 0 Å². The molecule has 0 radical (unpaired) electrons. The molecular weight excluding hydrogens is 595 g/mol. The number of halogens is 1. The molecular formula is C30H29IN2O5. The third-order valence-electron chi connectivity index (χ3n) is 7.78. The SMILES string of the molecule is CN1C(=O)O[C@@H]2[C@H]3O[C@@H](c4ccccc4)[C@H](c4ccccc4)N(C(=O)OCc4ccccc4)[C@H]3C[C@@H](I)[C@@H]21. The summed E-state index contributed by atoms with van der Waals surface area (Å²) in [6.45, 7) is 0.170. The van der Waals surface area contributed by atoms with E-state index in [2.05, 4.69) is 22.6 Å². The first-order valence-corrected chi connectivity index (χ1v) is 14.1. The largest absolute Gasteiger partial charge is 0.445 e. The maximum absolute atomic E-state index is 14.0. The fourth-order valence-electron chi connectivity index (χ4n) is 6.01. The van der Waals surface area contributed by atoms with Crippen molar-refractivity contribution in [3.8, 4) is 0 Å². The van der Waals surface area contributed by atoms with Gasteiger partial charge in [-0.05, 0) is 23.1 Å². The van der Waals surface area contributed by atoms with Gasteiger partial charge in [-0.25, -0.2) is 9.59 Å². The number of rotatable bonds is 4. The highest BCUT2D eigenvalue weighted by molar-refractivity contribution is 14.1. The van der Waals surface area contributed by atoms with Crippen molar-refractivity contribution < 1.29 is 23.8 Å². The highest BCUT2D eigenvalue weighted by Crippen LogP contribution is 2.50. The fraction of sp³-hybridized carbons (Fsp3) is 0.333. The van der Waals surface area contributed by atoms with Crippen LogP contribution in [-0.4, -0.2) is 57.3 Å². The molecule has 7 atom stereocenters. The summed E-state index contributed by atoms with van der Waals surface area (Å²) in [6, 6.07) is 28.7. The maximum atomic E-state index is 14.0. The smallest absolute Gasteiger partial charge is 0.411 e. The number of benzene rings is 3. The topological polar surface area (TPSA) is 68.3 Å². The Morgan fingerprint density at radius 1 is 0.921 bits per heavy atom. The normalized spacial score (nSPS) is 30.3. The zero-order valence-corrected chi connectivity index (χ0v) is 23.1. The van der Waals surface area contributed by atoms with Gasteiger partial charge in [0.2, 0.25) is 0 Å². The number of morpholine rings is 1. The predicted molar refractivity (Wildman–Crippen MR) is 150 cm³/mol. The van der Waals surface area contributed by atoms with Crippen molar-refractivity contribution >= 4 is 34.8 Å². The summed E-state index contributed by atoms with van der Waals surface area (Å²) in [5.74, 6) is 0. The average Bonchev–Trinajstić information content (AvgIpc) is 3.27. The molecule has 2 amide bonds. The molecule has 3 aliphatic rings. The number of carbonyl (C=O) groups is 2. The van der Waals surface area contributed by atoms with Gasteiger partial charge in [-0.1, -0.05) is 114 Å². The zero-order valence-electron chi connectivity index (χ0n) is 20.9. The molecule has 8 heteroatoms. The van der Waals surface area contributed by atoms with Crippen molar-refractivity contribution in [3.63, 3.8) is 0 Å². The summed E-state index contributed by atoms with van der Waals surface area (Å²) >= 11 is 2.38. The third-order valence-corrected chi connectivity index (χ3v) is 9.03.